The maximum atomic E-state index is 2.90. The fourth-order valence-corrected chi connectivity index (χ4v) is 122. The summed E-state index contributed by atoms with van der Waals surface area (Å²) in [5, 5.41) is 0.584. The van der Waals surface area contributed by atoms with Crippen LogP contribution in [0.5, 0.6) is 0 Å². The molecule has 6 unspecified atom stereocenters. The van der Waals surface area contributed by atoms with E-state index in [1.54, 1.807) is 64.2 Å². The zero-order chi connectivity index (χ0) is 20.5. The van der Waals surface area contributed by atoms with Gasteiger partial charge in [0.15, 0.2) is 0 Å². The molecule has 10 heterocycles. The summed E-state index contributed by atoms with van der Waals surface area (Å²) in [6, 6.07) is 0. The standard InChI is InChI=1S/C23H39P2.C5H5.Fe/c1-18(24-23(2,3)4)21-16-11-17-22(21)25(19-12-7-5-8-13-19)20-14-9-6-10-15-20;1-2-4-5-3-1;/h11,16-20,24H,5-10,12-15H2,1-4H3;1-5H;. The topological polar surface area (TPSA) is 0 Å². The zero-order valence-corrected chi connectivity index (χ0v) is 23.2. The van der Waals surface area contributed by atoms with Gasteiger partial charge in [0, 0.05) is 0 Å². The second-order valence-electron chi connectivity index (χ2n) is 17.9. The molecule has 0 nitrogen and oxygen atoms in total. The van der Waals surface area contributed by atoms with Gasteiger partial charge in [0.25, 0.3) is 0 Å². The van der Waals surface area contributed by atoms with Crippen LogP contribution in [-0.2, 0) is 6.51 Å². The van der Waals surface area contributed by atoms with E-state index < -0.39 is 6.51 Å². The van der Waals surface area contributed by atoms with Crippen molar-refractivity contribution in [3.05, 3.63) is 0 Å². The molecule has 10 aliphatic heterocycles. The summed E-state index contributed by atoms with van der Waals surface area (Å²) in [6.45, 7) is 7.41. The van der Waals surface area contributed by atoms with Crippen molar-refractivity contribution in [2.45, 2.75) is 161 Å². The van der Waals surface area contributed by atoms with E-state index in [-0.39, 0.29) is 0 Å². The minimum atomic E-state index is -3.30. The molecule has 0 aromatic heterocycles. The van der Waals surface area contributed by atoms with Gasteiger partial charge in [0.1, 0.15) is 0 Å². The Labute approximate surface area is 183 Å². The van der Waals surface area contributed by atoms with Gasteiger partial charge in [0.2, 0.25) is 0 Å². The molecule has 0 amide bonds. The van der Waals surface area contributed by atoms with Crippen LogP contribution in [0.4, 0.5) is 0 Å². The van der Waals surface area contributed by atoms with Crippen LogP contribution in [0, 0.1) is 0 Å². The Balaban J connectivity index is 1.14. The summed E-state index contributed by atoms with van der Waals surface area (Å²) in [4.78, 5) is 12.2. The van der Waals surface area contributed by atoms with Crippen LogP contribution in [-0.4, -0.2) is 26.2 Å². The van der Waals surface area contributed by atoms with Gasteiger partial charge in [-0.3, -0.25) is 0 Å². The second kappa shape index (κ2) is 2.33. The normalized spacial score (nSPS) is 82.6. The first kappa shape index (κ1) is 16.9. The molecule has 2 aliphatic carbocycles. The monoisotopic (exact) mass is 498 g/mol. The summed E-state index contributed by atoms with van der Waals surface area (Å²) < 4.78 is 2.31. The van der Waals surface area contributed by atoms with E-state index >= 15 is 0 Å². The third-order valence-corrected chi connectivity index (χ3v) is 73.9. The Morgan fingerprint density at radius 1 is 0.742 bits per heavy atom. The molecule has 10 saturated heterocycles. The predicted octanol–water partition coefficient (Wildman–Crippen LogP) is 9.67. The Kier molecular flexibility index (Phi) is 1.28. The molecular formula is C28H44FeP2. The van der Waals surface area contributed by atoms with Gasteiger partial charge in [0.05, 0.1) is 0 Å². The molecule has 1 spiro atoms. The third-order valence-electron chi connectivity index (χ3n) is 20.5. The van der Waals surface area contributed by atoms with E-state index in [2.05, 4.69) is 27.7 Å². The van der Waals surface area contributed by atoms with Gasteiger partial charge in [-0.1, -0.05) is 0 Å². The Bertz CT molecular complexity index is 1300. The average Bonchev–Trinajstić information content (AvgIpc) is 3.68. The number of hydrogen-bond acceptors (Lipinski definition) is 0. The van der Waals surface area contributed by atoms with Gasteiger partial charge in [-0.2, -0.15) is 0 Å². The van der Waals surface area contributed by atoms with Crippen molar-refractivity contribution >= 4 is 16.5 Å². The van der Waals surface area contributed by atoms with Gasteiger partial charge in [-0.05, 0) is 0 Å². The maximum absolute atomic E-state index is 3.30. The molecular weight excluding hydrogens is 454 g/mol. The van der Waals surface area contributed by atoms with E-state index in [1.807, 2.05) is 0 Å². The number of fused-ring (bicyclic) bond motifs is 10. The Morgan fingerprint density at radius 2 is 1.23 bits per heavy atom. The van der Waals surface area contributed by atoms with Crippen LogP contribution in [0.2, 0.25) is 42.8 Å². The molecule has 12 fully saturated rings. The molecule has 31 heavy (non-hydrogen) atoms. The van der Waals surface area contributed by atoms with E-state index in [0.717, 1.165) is 9.97 Å². The molecule has 174 valence electrons. The predicted molar refractivity (Wildman–Crippen MR) is 134 cm³/mol. The first-order chi connectivity index (χ1) is 14.7. The Morgan fingerprint density at radius 3 is 1.61 bits per heavy atom. The van der Waals surface area contributed by atoms with E-state index in [9.17, 15) is 0 Å². The van der Waals surface area contributed by atoms with Crippen molar-refractivity contribution in [1.82, 2.24) is 0 Å². The Hall–Kier alpha value is 1.38. The molecule has 3 heteroatoms. The first-order valence-corrected chi connectivity index (χ1v) is 23.2. The number of rotatable bonds is 5. The summed E-state index contributed by atoms with van der Waals surface area (Å²) in [6.07, 6.45) is 16.4. The van der Waals surface area contributed by atoms with Crippen LogP contribution in [0.25, 0.3) is 0 Å². The fourth-order valence-electron chi connectivity index (χ4n) is 22.9. The summed E-state index contributed by atoms with van der Waals surface area (Å²) in [5.41, 5.74) is 3.68. The molecule has 12 aliphatic rings. The van der Waals surface area contributed by atoms with E-state index in [1.165, 1.54) is 62.5 Å². The number of hydrogen-bond donors (Lipinski definition) is 0. The SMILES string of the molecule is CC(PC(C)(C)C)[C@]12[CH]3[CH]4[CH]5[C]1(P(C1CCCCC1)C1CCCCC1)[Fe]45321678[CH]2[CH]1[CH]6[CH]7[CH]28. The van der Waals surface area contributed by atoms with Crippen LogP contribution in [0.1, 0.15) is 91.9 Å². The summed E-state index contributed by atoms with van der Waals surface area (Å²) in [5.74, 6) is 0. The van der Waals surface area contributed by atoms with Crippen LogP contribution >= 0.6 is 16.5 Å². The van der Waals surface area contributed by atoms with E-state index in [4.69, 9.17) is 0 Å². The van der Waals surface area contributed by atoms with Crippen molar-refractivity contribution in [3.63, 3.8) is 0 Å². The third kappa shape index (κ3) is 0.373. The first-order valence-electron chi connectivity index (χ1n) is 14.4. The minimum absolute atomic E-state index is 0.367. The average molecular weight is 498 g/mol. The van der Waals surface area contributed by atoms with Gasteiger partial charge >= 0.3 is 184 Å². The van der Waals surface area contributed by atoms with Crippen molar-refractivity contribution < 1.29 is 6.51 Å². The molecule has 12 rings (SSSR count). The van der Waals surface area contributed by atoms with Crippen LogP contribution in [0.3, 0.4) is 0 Å². The van der Waals surface area contributed by atoms with Gasteiger partial charge < -0.3 is 0 Å². The van der Waals surface area contributed by atoms with Crippen molar-refractivity contribution in [1.29, 1.82) is 0 Å². The van der Waals surface area contributed by atoms with Gasteiger partial charge in [-0.25, -0.2) is 0 Å². The molecule has 0 N–H and O–H groups in total. The van der Waals surface area contributed by atoms with Crippen molar-refractivity contribution in [3.8, 4) is 0 Å². The van der Waals surface area contributed by atoms with Crippen LogP contribution in [0.15, 0.2) is 0 Å². The zero-order valence-electron chi connectivity index (χ0n) is 20.2. The molecule has 0 aromatic rings. The quantitative estimate of drug-likeness (QED) is 0.261. The van der Waals surface area contributed by atoms with Crippen LogP contribution < -0.4 is 0 Å². The van der Waals surface area contributed by atoms with E-state index in [0.29, 0.717) is 13.1 Å². The molecule has 0 aromatic carbocycles. The summed E-state index contributed by atoms with van der Waals surface area (Å²) >= 11 is 0. The molecule has 2 saturated carbocycles. The van der Waals surface area contributed by atoms with Crippen molar-refractivity contribution in [2.75, 3.05) is 0 Å². The van der Waals surface area contributed by atoms with Crippen molar-refractivity contribution in [2.24, 2.45) is 0 Å². The summed E-state index contributed by atoms with van der Waals surface area (Å²) in [7, 11) is 1.64. The fraction of sp³-hybridized carbons (Fsp3) is 1.00. The molecule has 7 atom stereocenters. The molecule has 0 radical (unpaired) electrons. The molecule has 0 bridgehead atoms. The van der Waals surface area contributed by atoms with Gasteiger partial charge in [-0.15, -0.1) is 0 Å². The second-order valence-corrected chi connectivity index (χ2v) is 47.2.